The van der Waals surface area contributed by atoms with Crippen molar-refractivity contribution in [3.05, 3.63) is 76.5 Å². The van der Waals surface area contributed by atoms with Gasteiger partial charge in [-0.25, -0.2) is 14.2 Å². The molecule has 1 fully saturated rings. The standard InChI is InChI=1S/C24H25N7O2/c1-17-6-7-18(2)19(13-17)20-14-21-24(33)30(26-16-31(21)27-20)15-23(32)29-11-9-28(10-12-29)22-5-3-4-8-25-22/h3-8,13-14,16H,9-12,15H2,1-2H3. The minimum atomic E-state index is -0.331. The molecule has 0 saturated carbocycles. The molecule has 1 aromatic carbocycles. The molecule has 0 spiro atoms. The number of carbonyl (C=O) groups is 1. The van der Waals surface area contributed by atoms with E-state index in [4.69, 9.17) is 0 Å². The number of aromatic nitrogens is 5. The molecule has 0 bridgehead atoms. The maximum absolute atomic E-state index is 13.0. The van der Waals surface area contributed by atoms with E-state index in [2.05, 4.69) is 26.1 Å². The van der Waals surface area contributed by atoms with E-state index in [1.807, 2.05) is 44.2 Å². The summed E-state index contributed by atoms with van der Waals surface area (Å²) in [5.74, 6) is 0.789. The van der Waals surface area contributed by atoms with Gasteiger partial charge in [0.25, 0.3) is 5.56 Å². The predicted molar refractivity (Wildman–Crippen MR) is 125 cm³/mol. The highest BCUT2D eigenvalue weighted by Gasteiger charge is 2.23. The number of fused-ring (bicyclic) bond motifs is 1. The smallest absolute Gasteiger partial charge is 0.293 e. The summed E-state index contributed by atoms with van der Waals surface area (Å²) >= 11 is 0. The van der Waals surface area contributed by atoms with Gasteiger partial charge in [-0.1, -0.05) is 23.8 Å². The molecule has 1 saturated heterocycles. The van der Waals surface area contributed by atoms with E-state index in [1.165, 1.54) is 15.5 Å². The minimum Gasteiger partial charge on any atom is -0.353 e. The van der Waals surface area contributed by atoms with Gasteiger partial charge in [-0.05, 0) is 43.7 Å². The molecule has 9 nitrogen and oxygen atoms in total. The van der Waals surface area contributed by atoms with Crippen LogP contribution in [-0.2, 0) is 11.3 Å². The second-order valence-electron chi connectivity index (χ2n) is 8.33. The van der Waals surface area contributed by atoms with E-state index >= 15 is 0 Å². The van der Waals surface area contributed by atoms with Crippen LogP contribution in [0.1, 0.15) is 11.1 Å². The van der Waals surface area contributed by atoms with E-state index in [1.54, 1.807) is 17.2 Å². The van der Waals surface area contributed by atoms with Crippen molar-refractivity contribution < 1.29 is 4.79 Å². The molecule has 0 atom stereocenters. The summed E-state index contributed by atoms with van der Waals surface area (Å²) in [4.78, 5) is 34.2. The van der Waals surface area contributed by atoms with Crippen LogP contribution in [0.2, 0.25) is 0 Å². The lowest BCUT2D eigenvalue weighted by Gasteiger charge is -2.35. The summed E-state index contributed by atoms with van der Waals surface area (Å²) in [7, 11) is 0. The highest BCUT2D eigenvalue weighted by molar-refractivity contribution is 5.76. The summed E-state index contributed by atoms with van der Waals surface area (Å²) in [6.07, 6.45) is 3.25. The molecule has 0 N–H and O–H groups in total. The zero-order chi connectivity index (χ0) is 22.9. The lowest BCUT2D eigenvalue weighted by Crippen LogP contribution is -2.50. The Labute approximate surface area is 190 Å². The first kappa shape index (κ1) is 20.9. The molecule has 0 radical (unpaired) electrons. The number of anilines is 1. The second kappa shape index (κ2) is 8.50. The van der Waals surface area contributed by atoms with E-state index < -0.39 is 0 Å². The number of pyridine rings is 1. The molecule has 9 heteroatoms. The second-order valence-corrected chi connectivity index (χ2v) is 8.33. The number of benzene rings is 1. The Hall–Kier alpha value is -4.01. The Morgan fingerprint density at radius 3 is 2.61 bits per heavy atom. The Bertz CT molecular complexity index is 1370. The Morgan fingerprint density at radius 2 is 1.85 bits per heavy atom. The van der Waals surface area contributed by atoms with Crippen molar-refractivity contribution in [3.8, 4) is 11.3 Å². The molecule has 5 rings (SSSR count). The van der Waals surface area contributed by atoms with Crippen molar-refractivity contribution in [2.75, 3.05) is 31.1 Å². The third-order valence-electron chi connectivity index (χ3n) is 6.05. The van der Waals surface area contributed by atoms with E-state index in [0.29, 0.717) is 37.4 Å². The topological polar surface area (TPSA) is 88.6 Å². The average Bonchev–Trinajstić information content (AvgIpc) is 3.28. The van der Waals surface area contributed by atoms with Crippen molar-refractivity contribution in [2.45, 2.75) is 20.4 Å². The van der Waals surface area contributed by atoms with Gasteiger partial charge in [0, 0.05) is 37.9 Å². The van der Waals surface area contributed by atoms with Gasteiger partial charge in [0.15, 0.2) is 0 Å². The van der Waals surface area contributed by atoms with Crippen LogP contribution in [-0.4, -0.2) is 61.4 Å². The molecule has 1 aliphatic rings. The highest BCUT2D eigenvalue weighted by atomic mass is 16.2. The molecule has 33 heavy (non-hydrogen) atoms. The number of piperazine rings is 1. The predicted octanol–water partition coefficient (Wildman–Crippen LogP) is 1.92. The van der Waals surface area contributed by atoms with Crippen molar-refractivity contribution in [3.63, 3.8) is 0 Å². The molecular weight excluding hydrogens is 418 g/mol. The van der Waals surface area contributed by atoms with Crippen LogP contribution in [0.3, 0.4) is 0 Å². The van der Waals surface area contributed by atoms with Gasteiger partial charge in [-0.2, -0.15) is 10.2 Å². The van der Waals surface area contributed by atoms with Crippen LogP contribution in [0.15, 0.2) is 59.8 Å². The number of rotatable bonds is 4. The lowest BCUT2D eigenvalue weighted by molar-refractivity contribution is -0.132. The summed E-state index contributed by atoms with van der Waals surface area (Å²) in [6, 6.07) is 13.7. The van der Waals surface area contributed by atoms with Crippen molar-refractivity contribution >= 4 is 17.2 Å². The molecule has 0 aliphatic carbocycles. The maximum Gasteiger partial charge on any atom is 0.293 e. The molecule has 3 aromatic heterocycles. The van der Waals surface area contributed by atoms with E-state index in [-0.39, 0.29) is 18.0 Å². The summed E-state index contributed by atoms with van der Waals surface area (Å²) in [5, 5.41) is 8.71. The first-order valence-corrected chi connectivity index (χ1v) is 11.0. The van der Waals surface area contributed by atoms with Crippen molar-refractivity contribution in [1.82, 2.24) is 29.3 Å². The number of carbonyl (C=O) groups excluding carboxylic acids is 1. The Kier molecular flexibility index (Phi) is 5.37. The quantitative estimate of drug-likeness (QED) is 0.479. The van der Waals surface area contributed by atoms with Gasteiger partial charge in [0.05, 0.1) is 5.69 Å². The Balaban J connectivity index is 1.32. The van der Waals surface area contributed by atoms with Gasteiger partial charge in [-0.3, -0.25) is 9.59 Å². The SMILES string of the molecule is Cc1ccc(C)c(-c2cc3c(=O)n(CC(=O)N4CCN(c5ccccn5)CC4)ncn3n2)c1. The fourth-order valence-corrected chi connectivity index (χ4v) is 4.15. The number of hydrogen-bond acceptors (Lipinski definition) is 6. The van der Waals surface area contributed by atoms with Gasteiger partial charge >= 0.3 is 0 Å². The molecule has 1 amide bonds. The molecule has 0 unspecified atom stereocenters. The maximum atomic E-state index is 13.0. The summed E-state index contributed by atoms with van der Waals surface area (Å²) in [5.41, 5.74) is 3.96. The molecule has 4 aromatic rings. The van der Waals surface area contributed by atoms with Gasteiger partial charge < -0.3 is 9.80 Å². The lowest BCUT2D eigenvalue weighted by atomic mass is 10.0. The van der Waals surface area contributed by atoms with E-state index in [0.717, 1.165) is 22.5 Å². The zero-order valence-electron chi connectivity index (χ0n) is 18.7. The van der Waals surface area contributed by atoms with Crippen LogP contribution < -0.4 is 10.5 Å². The Morgan fingerprint density at radius 1 is 1.03 bits per heavy atom. The van der Waals surface area contributed by atoms with Crippen molar-refractivity contribution in [1.29, 1.82) is 0 Å². The van der Waals surface area contributed by atoms with Crippen LogP contribution in [0.25, 0.3) is 16.8 Å². The van der Waals surface area contributed by atoms with Crippen molar-refractivity contribution in [2.24, 2.45) is 0 Å². The third-order valence-corrected chi connectivity index (χ3v) is 6.05. The average molecular weight is 444 g/mol. The van der Waals surface area contributed by atoms with Crippen LogP contribution in [0, 0.1) is 13.8 Å². The van der Waals surface area contributed by atoms with Gasteiger partial charge in [0.2, 0.25) is 5.91 Å². The number of nitrogens with zero attached hydrogens (tertiary/aromatic N) is 7. The monoisotopic (exact) mass is 443 g/mol. The molecular formula is C24H25N7O2. The van der Waals surface area contributed by atoms with Crippen LogP contribution in [0.4, 0.5) is 5.82 Å². The summed E-state index contributed by atoms with van der Waals surface area (Å²) in [6.45, 7) is 6.50. The largest absolute Gasteiger partial charge is 0.353 e. The van der Waals surface area contributed by atoms with Gasteiger partial charge in [-0.15, -0.1) is 0 Å². The van der Waals surface area contributed by atoms with Gasteiger partial charge in [0.1, 0.15) is 24.2 Å². The molecule has 1 aliphatic heterocycles. The molecule has 168 valence electrons. The number of aryl methyl sites for hydroxylation is 2. The highest BCUT2D eigenvalue weighted by Crippen LogP contribution is 2.23. The normalized spacial score (nSPS) is 14.1. The van der Waals surface area contributed by atoms with Crippen LogP contribution >= 0.6 is 0 Å². The summed E-state index contributed by atoms with van der Waals surface area (Å²) < 4.78 is 2.70. The first-order chi connectivity index (χ1) is 16.0. The fourth-order valence-electron chi connectivity index (χ4n) is 4.15. The number of hydrogen-bond donors (Lipinski definition) is 0. The number of amides is 1. The van der Waals surface area contributed by atoms with Crippen LogP contribution in [0.5, 0.6) is 0 Å². The zero-order valence-corrected chi connectivity index (χ0v) is 18.7. The van der Waals surface area contributed by atoms with E-state index in [9.17, 15) is 9.59 Å². The molecule has 4 heterocycles. The third kappa shape index (κ3) is 4.09. The first-order valence-electron chi connectivity index (χ1n) is 11.0. The minimum absolute atomic E-state index is 0.0943. The fraction of sp³-hybridized carbons (Fsp3) is 0.292.